The lowest BCUT2D eigenvalue weighted by molar-refractivity contribution is 1.39. The molecule has 49 valence electrons. The van der Waals surface area contributed by atoms with Gasteiger partial charge in [-0.15, -0.1) is 0 Å². The number of halogens is 1. The van der Waals surface area contributed by atoms with E-state index < -0.39 is 0 Å². The summed E-state index contributed by atoms with van der Waals surface area (Å²) in [6.45, 7) is 0. The van der Waals surface area contributed by atoms with Crippen LogP contribution >= 0.6 is 16.1 Å². The van der Waals surface area contributed by atoms with Crippen molar-refractivity contribution in [1.29, 1.82) is 0 Å². The van der Waals surface area contributed by atoms with Gasteiger partial charge in [0.2, 0.25) is 0 Å². The van der Waals surface area contributed by atoms with Crippen LogP contribution in [-0.4, -0.2) is 3.59 Å². The molecule has 0 spiro atoms. The molecule has 1 aromatic carbocycles. The van der Waals surface area contributed by atoms with Crippen LogP contribution in [0.15, 0.2) is 30.5 Å². The minimum absolute atomic E-state index is 1.14. The van der Waals surface area contributed by atoms with Gasteiger partial charge in [-0.25, -0.2) is 0 Å². The smallest absolute Gasteiger partial charge is 0.0597 e. The summed E-state index contributed by atoms with van der Waals surface area (Å²) in [6.07, 6.45) is 1.87. The molecule has 0 aliphatic carbocycles. The highest BCUT2D eigenvalue weighted by atomic mass is 79.9. The average Bonchev–Trinajstić information content (AvgIpc) is 2.34. The molecule has 2 aromatic rings. The molecule has 0 unspecified atom stereocenters. The zero-order chi connectivity index (χ0) is 6.97. The number of para-hydroxylation sites is 1. The number of nitrogens with zero attached hydrogens (tertiary/aromatic N) is 1. The molecule has 0 bridgehead atoms. The van der Waals surface area contributed by atoms with Crippen LogP contribution in [0.25, 0.3) is 10.9 Å². The Hall–Kier alpha value is -0.760. The third kappa shape index (κ3) is 0.762. The van der Waals surface area contributed by atoms with Crippen LogP contribution in [0, 0.1) is 6.07 Å². The molecule has 0 aliphatic heterocycles. The highest BCUT2D eigenvalue weighted by Crippen LogP contribution is 2.15. The highest BCUT2D eigenvalue weighted by molar-refractivity contribution is 9.08. The van der Waals surface area contributed by atoms with E-state index in [4.69, 9.17) is 0 Å². The molecule has 0 fully saturated rings. The fraction of sp³-hybridized carbons (Fsp3) is 0. The van der Waals surface area contributed by atoms with E-state index in [0.717, 1.165) is 10.9 Å². The van der Waals surface area contributed by atoms with Gasteiger partial charge in [0.25, 0.3) is 0 Å². The fourth-order valence-electron chi connectivity index (χ4n) is 0.978. The molecule has 0 atom stereocenters. The maximum Gasteiger partial charge on any atom is 0.0597 e. The second-order valence-corrected chi connectivity index (χ2v) is 2.87. The lowest BCUT2D eigenvalue weighted by atomic mass is 10.3. The fourth-order valence-corrected chi connectivity index (χ4v) is 1.39. The van der Waals surface area contributed by atoms with Crippen molar-refractivity contribution in [3.8, 4) is 0 Å². The summed E-state index contributed by atoms with van der Waals surface area (Å²) in [4.78, 5) is 0. The van der Waals surface area contributed by atoms with Gasteiger partial charge < -0.3 is 0 Å². The van der Waals surface area contributed by atoms with Crippen molar-refractivity contribution in [2.45, 2.75) is 0 Å². The van der Waals surface area contributed by atoms with Gasteiger partial charge in [0.05, 0.1) is 21.7 Å². The van der Waals surface area contributed by atoms with Gasteiger partial charge in [-0.05, 0) is 6.07 Å². The lowest BCUT2D eigenvalue weighted by Crippen LogP contribution is -1.71. The van der Waals surface area contributed by atoms with Crippen molar-refractivity contribution in [2.24, 2.45) is 0 Å². The van der Waals surface area contributed by atoms with Gasteiger partial charge in [0, 0.05) is 17.6 Å². The Morgan fingerprint density at radius 3 is 2.90 bits per heavy atom. The number of aromatic nitrogens is 1. The standard InChI is InChI=1S/C8H5BrN/c9-10-6-5-7-3-1-2-4-8(7)10/h1-4,6H. The average molecular weight is 195 g/mol. The van der Waals surface area contributed by atoms with Gasteiger partial charge in [0.15, 0.2) is 0 Å². The first-order chi connectivity index (χ1) is 4.88. The molecule has 10 heavy (non-hydrogen) atoms. The third-order valence-electron chi connectivity index (χ3n) is 1.47. The van der Waals surface area contributed by atoms with Gasteiger partial charge >= 0.3 is 0 Å². The van der Waals surface area contributed by atoms with E-state index in [2.05, 4.69) is 22.2 Å². The molecule has 1 nitrogen and oxygen atoms in total. The van der Waals surface area contributed by atoms with E-state index in [9.17, 15) is 0 Å². The third-order valence-corrected chi connectivity index (χ3v) is 2.05. The number of hydrogen-bond acceptors (Lipinski definition) is 0. The SMILES string of the molecule is Brn1c[c]c2ccccc21. The Kier molecular flexibility index (Phi) is 1.27. The maximum absolute atomic E-state index is 3.35. The van der Waals surface area contributed by atoms with Crippen molar-refractivity contribution >= 4 is 27.1 Å². The topological polar surface area (TPSA) is 4.93 Å². The van der Waals surface area contributed by atoms with Crippen LogP contribution in [0.4, 0.5) is 0 Å². The quantitative estimate of drug-likeness (QED) is 0.608. The predicted molar refractivity (Wildman–Crippen MR) is 45.1 cm³/mol. The zero-order valence-electron chi connectivity index (χ0n) is 5.21. The Labute approximate surface area is 67.6 Å². The Bertz CT molecular complexity index is 351. The molecule has 1 aromatic heterocycles. The first kappa shape index (κ1) is 5.98. The Morgan fingerprint density at radius 2 is 2.10 bits per heavy atom. The lowest BCUT2D eigenvalue weighted by Gasteiger charge is -1.89. The Balaban J connectivity index is 2.93. The van der Waals surface area contributed by atoms with Crippen LogP contribution in [0.1, 0.15) is 0 Å². The molecule has 2 rings (SSSR count). The summed E-state index contributed by atoms with van der Waals surface area (Å²) in [5.41, 5.74) is 1.16. The Morgan fingerprint density at radius 1 is 1.30 bits per heavy atom. The predicted octanol–water partition coefficient (Wildman–Crippen LogP) is 2.60. The minimum Gasteiger partial charge on any atom is -0.283 e. The monoisotopic (exact) mass is 194 g/mol. The number of hydrogen-bond donors (Lipinski definition) is 0. The van der Waals surface area contributed by atoms with Crippen LogP contribution in [0.3, 0.4) is 0 Å². The van der Waals surface area contributed by atoms with E-state index in [1.54, 1.807) is 0 Å². The first-order valence-electron chi connectivity index (χ1n) is 3.02. The summed E-state index contributed by atoms with van der Waals surface area (Å²) in [5, 5.41) is 1.14. The normalized spacial score (nSPS) is 10.5. The highest BCUT2D eigenvalue weighted by Gasteiger charge is 1.94. The van der Waals surface area contributed by atoms with Gasteiger partial charge in [0.1, 0.15) is 0 Å². The number of fused-ring (bicyclic) bond motifs is 1. The van der Waals surface area contributed by atoms with Crippen LogP contribution < -0.4 is 0 Å². The molecule has 1 heterocycles. The van der Waals surface area contributed by atoms with E-state index in [1.807, 2.05) is 34.1 Å². The second kappa shape index (κ2) is 2.13. The summed E-state index contributed by atoms with van der Waals surface area (Å²) >= 11 is 3.35. The van der Waals surface area contributed by atoms with Gasteiger partial charge in [-0.1, -0.05) is 18.2 Å². The molecular formula is C8H5BrN. The molecule has 0 saturated carbocycles. The van der Waals surface area contributed by atoms with Crippen molar-refractivity contribution in [3.05, 3.63) is 36.5 Å². The van der Waals surface area contributed by atoms with Gasteiger partial charge in [-0.2, -0.15) is 0 Å². The van der Waals surface area contributed by atoms with Crippen LogP contribution in [-0.2, 0) is 0 Å². The molecule has 1 radical (unpaired) electrons. The van der Waals surface area contributed by atoms with Crippen molar-refractivity contribution < 1.29 is 0 Å². The summed E-state index contributed by atoms with van der Waals surface area (Å²) in [6, 6.07) is 11.2. The number of benzene rings is 1. The largest absolute Gasteiger partial charge is 0.283 e. The second-order valence-electron chi connectivity index (χ2n) is 2.10. The molecule has 0 amide bonds. The van der Waals surface area contributed by atoms with Crippen LogP contribution in [0.5, 0.6) is 0 Å². The molecule has 0 N–H and O–H groups in total. The van der Waals surface area contributed by atoms with Crippen LogP contribution in [0.2, 0.25) is 0 Å². The van der Waals surface area contributed by atoms with Gasteiger partial charge in [-0.3, -0.25) is 3.59 Å². The van der Waals surface area contributed by atoms with E-state index in [0.29, 0.717) is 0 Å². The van der Waals surface area contributed by atoms with E-state index in [-0.39, 0.29) is 0 Å². The molecule has 0 aliphatic rings. The van der Waals surface area contributed by atoms with E-state index in [1.165, 1.54) is 0 Å². The van der Waals surface area contributed by atoms with Crippen molar-refractivity contribution in [3.63, 3.8) is 0 Å². The maximum atomic E-state index is 3.35. The number of rotatable bonds is 0. The minimum atomic E-state index is 1.14. The zero-order valence-corrected chi connectivity index (χ0v) is 6.80. The molecule has 0 saturated heterocycles. The summed E-state index contributed by atoms with van der Waals surface area (Å²) < 4.78 is 1.88. The summed E-state index contributed by atoms with van der Waals surface area (Å²) in [7, 11) is 0. The molecule has 2 heteroatoms. The van der Waals surface area contributed by atoms with Crippen molar-refractivity contribution in [2.75, 3.05) is 0 Å². The van der Waals surface area contributed by atoms with E-state index >= 15 is 0 Å². The first-order valence-corrected chi connectivity index (χ1v) is 3.73. The van der Waals surface area contributed by atoms with Crippen molar-refractivity contribution in [1.82, 2.24) is 3.59 Å². The summed E-state index contributed by atoms with van der Waals surface area (Å²) in [5.74, 6) is 0. The molecular weight excluding hydrogens is 190 g/mol.